The van der Waals surface area contributed by atoms with Crippen molar-refractivity contribution in [2.75, 3.05) is 6.67 Å². The molecule has 1 aliphatic heterocycles. The van der Waals surface area contributed by atoms with E-state index < -0.39 is 8.24 Å². The second-order valence-electron chi connectivity index (χ2n) is 8.65. The summed E-state index contributed by atoms with van der Waals surface area (Å²) in [4.78, 5) is 0. The topological polar surface area (TPSA) is 15.3 Å². The third-order valence-electron chi connectivity index (χ3n) is 7.24. The molecule has 6 atom stereocenters. The Hall–Kier alpha value is -1.42. The van der Waals surface area contributed by atoms with Gasteiger partial charge in [0.1, 0.15) is 8.24 Å². The molecule has 0 amide bonds. The number of allylic oxidation sites excluding steroid dienone is 10. The van der Waals surface area contributed by atoms with E-state index in [0.29, 0.717) is 35.8 Å². The maximum Gasteiger partial charge on any atom is 0.128 e. The van der Waals surface area contributed by atoms with Crippen LogP contribution in [0.5, 0.6) is 0 Å². The van der Waals surface area contributed by atoms with Gasteiger partial charge in [-0.2, -0.15) is 0 Å². The van der Waals surface area contributed by atoms with Gasteiger partial charge in [-0.1, -0.05) is 86.0 Å². The minimum Gasteiger partial charge on any atom is -0.304 e. The van der Waals surface area contributed by atoms with Gasteiger partial charge in [-0.15, -0.1) is 0 Å². The molecule has 5 aliphatic rings. The summed E-state index contributed by atoms with van der Waals surface area (Å²) in [5, 5.41) is 3.74. The number of nitrogens with zero attached hydrogens (tertiary/aromatic N) is 1. The van der Waals surface area contributed by atoms with Crippen LogP contribution in [0.1, 0.15) is 0 Å². The lowest BCUT2D eigenvalue weighted by Crippen LogP contribution is -2.57. The van der Waals surface area contributed by atoms with Crippen LogP contribution in [0.25, 0.3) is 0 Å². The van der Waals surface area contributed by atoms with Gasteiger partial charge < -0.3 is 4.57 Å². The third-order valence-corrected chi connectivity index (χ3v) is 11.6. The molecule has 0 aromatic heterocycles. The first-order valence-electron chi connectivity index (χ1n) is 9.73. The molecule has 4 aliphatic carbocycles. The highest BCUT2D eigenvalue weighted by Crippen LogP contribution is 2.58. The van der Waals surface area contributed by atoms with Gasteiger partial charge in [0.05, 0.1) is 0 Å². The summed E-state index contributed by atoms with van der Waals surface area (Å²) in [5.74, 6) is 2.75. The Morgan fingerprint density at radius 2 is 1.24 bits per heavy atom. The predicted molar refractivity (Wildman–Crippen MR) is 107 cm³/mol. The zero-order chi connectivity index (χ0) is 17.0. The van der Waals surface area contributed by atoms with Crippen LogP contribution in [0.15, 0.2) is 72.9 Å². The Kier molecular flexibility index (Phi) is 3.67. The number of nitrogens with one attached hydrogen (secondary N) is 1. The molecule has 0 aromatic carbocycles. The van der Waals surface area contributed by atoms with E-state index >= 15 is 0 Å². The fourth-order valence-electron chi connectivity index (χ4n) is 6.14. The minimum absolute atomic E-state index is 0.494. The zero-order valence-corrected chi connectivity index (χ0v) is 16.1. The lowest BCUT2D eigenvalue weighted by atomic mass is 9.83. The monoisotopic (exact) mass is 348 g/mol. The predicted octanol–water partition coefficient (Wildman–Crippen LogP) is 4.02. The van der Waals surface area contributed by atoms with Crippen LogP contribution in [-0.4, -0.2) is 31.6 Å². The van der Waals surface area contributed by atoms with Crippen LogP contribution in [-0.2, 0) is 0 Å². The molecule has 2 fully saturated rings. The number of fused-ring (bicyclic) bond motifs is 4. The van der Waals surface area contributed by atoms with Crippen molar-refractivity contribution in [1.82, 2.24) is 9.88 Å². The van der Waals surface area contributed by atoms with E-state index in [0.717, 1.165) is 12.2 Å². The van der Waals surface area contributed by atoms with Crippen LogP contribution < -0.4 is 5.32 Å². The van der Waals surface area contributed by atoms with Crippen LogP contribution in [0, 0.1) is 23.7 Å². The summed E-state index contributed by atoms with van der Waals surface area (Å²) < 4.78 is 2.85. The highest BCUT2D eigenvalue weighted by molar-refractivity contribution is 6.76. The summed E-state index contributed by atoms with van der Waals surface area (Å²) in [6.07, 6.45) is 28.3. The fraction of sp³-hybridized carbons (Fsp3) is 0.455. The Balaban J connectivity index is 1.52. The quantitative estimate of drug-likeness (QED) is 0.758. The van der Waals surface area contributed by atoms with Crippen molar-refractivity contribution in [2.45, 2.75) is 30.7 Å². The lowest BCUT2D eigenvalue weighted by Gasteiger charge is -2.45. The normalized spacial score (nSPS) is 44.2. The smallest absolute Gasteiger partial charge is 0.128 e. The van der Waals surface area contributed by atoms with Crippen LogP contribution in [0.3, 0.4) is 0 Å². The molecular weight excluding hydrogens is 320 g/mol. The van der Waals surface area contributed by atoms with Gasteiger partial charge in [0.25, 0.3) is 0 Å². The van der Waals surface area contributed by atoms with E-state index in [1.54, 1.807) is 0 Å². The van der Waals surface area contributed by atoms with Crippen molar-refractivity contribution in [1.29, 1.82) is 0 Å². The fourth-order valence-corrected chi connectivity index (χ4v) is 10.6. The molecule has 25 heavy (non-hydrogen) atoms. The molecule has 3 heteroatoms. The van der Waals surface area contributed by atoms with Crippen molar-refractivity contribution >= 4 is 8.24 Å². The number of rotatable bonds is 2. The first-order chi connectivity index (χ1) is 12.2. The highest BCUT2D eigenvalue weighted by atomic mass is 28.3. The highest BCUT2D eigenvalue weighted by Gasteiger charge is 2.57. The summed E-state index contributed by atoms with van der Waals surface area (Å²) >= 11 is 0. The standard InChI is InChI=1S/C22H28N2Si/c1-25(2,24-15-23-20-13-7-8-14-21(20)24)22-18-11-5-3-9-16(18)17-10-4-6-12-19(17)22/h3-14,16-23H,15H2,1-2H3/t16?,17?,18?,19?,20?,21-,22?/m1/s1. The molecule has 1 heterocycles. The summed E-state index contributed by atoms with van der Waals surface area (Å²) in [5.41, 5.74) is 0.768. The van der Waals surface area contributed by atoms with E-state index in [9.17, 15) is 0 Å². The molecule has 1 N–H and O–H groups in total. The van der Waals surface area contributed by atoms with E-state index in [4.69, 9.17) is 0 Å². The van der Waals surface area contributed by atoms with E-state index in [1.165, 1.54) is 0 Å². The molecule has 1 saturated heterocycles. The summed E-state index contributed by atoms with van der Waals surface area (Å²) in [6, 6.07) is 1.03. The van der Waals surface area contributed by atoms with Crippen molar-refractivity contribution in [2.24, 2.45) is 23.7 Å². The molecule has 0 bridgehead atoms. The van der Waals surface area contributed by atoms with Crippen molar-refractivity contribution in [3.63, 3.8) is 0 Å². The van der Waals surface area contributed by atoms with Gasteiger partial charge in [-0.05, 0) is 29.2 Å². The summed E-state index contributed by atoms with van der Waals surface area (Å²) in [6.45, 7) is 6.27. The molecule has 2 nitrogen and oxygen atoms in total. The molecule has 0 radical (unpaired) electrons. The average molecular weight is 349 g/mol. The van der Waals surface area contributed by atoms with Crippen molar-refractivity contribution in [3.05, 3.63) is 72.9 Å². The Morgan fingerprint density at radius 1 is 0.720 bits per heavy atom. The van der Waals surface area contributed by atoms with Gasteiger partial charge in [-0.3, -0.25) is 5.32 Å². The molecular formula is C22H28N2Si. The lowest BCUT2D eigenvalue weighted by molar-refractivity contribution is 0.407. The van der Waals surface area contributed by atoms with Gasteiger partial charge in [0.2, 0.25) is 0 Å². The van der Waals surface area contributed by atoms with Crippen LogP contribution >= 0.6 is 0 Å². The Labute approximate surface area is 152 Å². The maximum atomic E-state index is 3.74. The Bertz CT molecular complexity index is 692. The Morgan fingerprint density at radius 3 is 1.88 bits per heavy atom. The SMILES string of the molecule is C[Si](C)(C1C2C=CC=CC2C2C=CC=CC21)N1CNC2C=CC=C[C@H]21. The van der Waals surface area contributed by atoms with E-state index in [1.807, 2.05) is 0 Å². The van der Waals surface area contributed by atoms with Crippen molar-refractivity contribution < 1.29 is 0 Å². The molecule has 0 spiro atoms. The largest absolute Gasteiger partial charge is 0.304 e. The van der Waals surface area contributed by atoms with Crippen LogP contribution in [0.4, 0.5) is 0 Å². The molecule has 5 unspecified atom stereocenters. The van der Waals surface area contributed by atoms with Gasteiger partial charge in [-0.25, -0.2) is 0 Å². The van der Waals surface area contributed by atoms with Crippen LogP contribution in [0.2, 0.25) is 18.6 Å². The number of hydrogen-bond donors (Lipinski definition) is 1. The molecule has 5 rings (SSSR count). The second kappa shape index (κ2) is 5.80. The average Bonchev–Trinajstić information content (AvgIpc) is 3.22. The van der Waals surface area contributed by atoms with E-state index in [-0.39, 0.29) is 0 Å². The maximum absolute atomic E-state index is 3.74. The van der Waals surface area contributed by atoms with Crippen molar-refractivity contribution in [3.8, 4) is 0 Å². The van der Waals surface area contributed by atoms with Gasteiger partial charge >= 0.3 is 0 Å². The van der Waals surface area contributed by atoms with E-state index in [2.05, 4.69) is 95.9 Å². The molecule has 0 aromatic rings. The first-order valence-corrected chi connectivity index (χ1v) is 12.8. The zero-order valence-electron chi connectivity index (χ0n) is 15.1. The third kappa shape index (κ3) is 2.29. The molecule has 130 valence electrons. The minimum atomic E-state index is -1.65. The number of hydrogen-bond acceptors (Lipinski definition) is 2. The second-order valence-corrected chi connectivity index (χ2v) is 13.2. The van der Waals surface area contributed by atoms with Gasteiger partial charge in [0, 0.05) is 18.8 Å². The first kappa shape index (κ1) is 15.8. The van der Waals surface area contributed by atoms with Gasteiger partial charge in [0.15, 0.2) is 0 Å². The molecule has 1 saturated carbocycles. The summed E-state index contributed by atoms with van der Waals surface area (Å²) in [7, 11) is -1.65.